The van der Waals surface area contributed by atoms with Crippen molar-refractivity contribution in [2.75, 3.05) is 11.1 Å². The second-order valence-corrected chi connectivity index (χ2v) is 7.81. The number of aryl methyl sites for hydroxylation is 2. The number of H-pyrrole nitrogens is 1. The lowest BCUT2D eigenvalue weighted by Gasteiger charge is -2.03. The number of rotatable bonds is 4. The van der Waals surface area contributed by atoms with E-state index in [2.05, 4.69) is 36.3 Å². The summed E-state index contributed by atoms with van der Waals surface area (Å²) in [6.45, 7) is 4.06. The zero-order valence-corrected chi connectivity index (χ0v) is 17.9. The highest BCUT2D eigenvalue weighted by Crippen LogP contribution is 2.32. The Morgan fingerprint density at radius 2 is 1.94 bits per heavy atom. The molecule has 0 radical (unpaired) electrons. The summed E-state index contributed by atoms with van der Waals surface area (Å²) in [7, 11) is 0. The maximum absolute atomic E-state index is 6.19. The van der Waals surface area contributed by atoms with Crippen LogP contribution in [-0.4, -0.2) is 34.7 Å². The summed E-state index contributed by atoms with van der Waals surface area (Å²) < 4.78 is 7.58. The van der Waals surface area contributed by atoms with Gasteiger partial charge in [-0.1, -0.05) is 18.2 Å². The molecule has 0 atom stereocenters. The number of nitrogens with zero attached hydrogens (tertiary/aromatic N) is 6. The van der Waals surface area contributed by atoms with Crippen LogP contribution in [0.1, 0.15) is 11.1 Å². The van der Waals surface area contributed by atoms with Gasteiger partial charge in [-0.25, -0.2) is 15.0 Å². The summed E-state index contributed by atoms with van der Waals surface area (Å²) in [4.78, 5) is 20.2. The smallest absolute Gasteiger partial charge is 0.300 e. The van der Waals surface area contributed by atoms with E-state index in [9.17, 15) is 0 Å². The third-order valence-corrected chi connectivity index (χ3v) is 5.44. The molecular formula is C23H19N9O. The van der Waals surface area contributed by atoms with Crippen molar-refractivity contribution in [3.8, 4) is 17.1 Å². The van der Waals surface area contributed by atoms with E-state index in [1.54, 1.807) is 17.2 Å². The lowest BCUT2D eigenvalue weighted by molar-refractivity contribution is 0.620. The lowest BCUT2D eigenvalue weighted by atomic mass is 10.1. The molecule has 6 rings (SSSR count). The van der Waals surface area contributed by atoms with Gasteiger partial charge in [0.25, 0.3) is 6.01 Å². The number of nitrogens with two attached hydrogens (primary N) is 1. The summed E-state index contributed by atoms with van der Waals surface area (Å²) in [6.07, 6.45) is 4.68. The van der Waals surface area contributed by atoms with Crippen molar-refractivity contribution < 1.29 is 4.42 Å². The zero-order valence-electron chi connectivity index (χ0n) is 17.9. The Morgan fingerprint density at radius 1 is 1.09 bits per heavy atom. The average molecular weight is 437 g/mol. The molecule has 0 aliphatic rings. The maximum Gasteiger partial charge on any atom is 0.300 e. The molecule has 0 aliphatic carbocycles. The quantitative estimate of drug-likeness (QED) is 0.371. The zero-order chi connectivity index (χ0) is 22.5. The summed E-state index contributed by atoms with van der Waals surface area (Å²) in [5.74, 6) is 1.05. The molecule has 4 N–H and O–H groups in total. The molecule has 0 saturated heterocycles. The van der Waals surface area contributed by atoms with Gasteiger partial charge in [0.2, 0.25) is 0 Å². The van der Waals surface area contributed by atoms with Crippen LogP contribution in [0.5, 0.6) is 0 Å². The van der Waals surface area contributed by atoms with Crippen LogP contribution in [0.15, 0.2) is 59.7 Å². The summed E-state index contributed by atoms with van der Waals surface area (Å²) in [5.41, 5.74) is 13.0. The predicted molar refractivity (Wildman–Crippen MR) is 125 cm³/mol. The standard InChI is InChI=1S/C23H19N9O/c1-12-7-13(2)20-16(8-12)30-23(33-20)29-15-5-3-14(4-6-15)19-18-21(24)27-11-28-22(18)32(31-19)17-9-25-10-26-17/h3-11H,1-2H3,(H,25,26)(H,29,30)(H2,24,27,28). The van der Waals surface area contributed by atoms with Gasteiger partial charge in [0, 0.05) is 11.3 Å². The topological polar surface area (TPSA) is 136 Å². The van der Waals surface area contributed by atoms with Gasteiger partial charge in [-0.2, -0.15) is 14.8 Å². The Bertz CT molecular complexity index is 1610. The first-order valence-corrected chi connectivity index (χ1v) is 10.3. The number of nitrogens with one attached hydrogen (secondary N) is 2. The molecule has 0 unspecified atom stereocenters. The van der Waals surface area contributed by atoms with Gasteiger partial charge in [0.1, 0.15) is 23.4 Å². The number of anilines is 3. The van der Waals surface area contributed by atoms with E-state index in [4.69, 9.17) is 15.2 Å². The molecule has 0 amide bonds. The molecule has 0 aliphatic heterocycles. The minimum atomic E-state index is 0.361. The minimum Gasteiger partial charge on any atom is -0.423 e. The van der Waals surface area contributed by atoms with Crippen molar-refractivity contribution >= 4 is 39.7 Å². The number of imidazole rings is 1. The van der Waals surface area contributed by atoms with E-state index in [-0.39, 0.29) is 0 Å². The van der Waals surface area contributed by atoms with E-state index >= 15 is 0 Å². The Balaban J connectivity index is 1.37. The number of nitrogen functional groups attached to an aromatic ring is 1. The number of fused-ring (bicyclic) bond motifs is 2. The predicted octanol–water partition coefficient (Wildman–Crippen LogP) is 4.29. The Labute approximate surface area is 187 Å². The molecule has 2 aromatic carbocycles. The fourth-order valence-corrected chi connectivity index (χ4v) is 3.97. The number of benzene rings is 2. The van der Waals surface area contributed by atoms with E-state index in [1.807, 2.05) is 44.2 Å². The van der Waals surface area contributed by atoms with Gasteiger partial charge in [-0.15, -0.1) is 0 Å². The molecular weight excluding hydrogens is 418 g/mol. The SMILES string of the molecule is Cc1cc(C)c2oc(Nc3ccc(-c4nn(-c5cnc[nH]5)c5ncnc(N)c45)cc3)nc2c1. The minimum absolute atomic E-state index is 0.361. The van der Waals surface area contributed by atoms with Gasteiger partial charge >= 0.3 is 0 Å². The van der Waals surface area contributed by atoms with Crippen LogP contribution < -0.4 is 11.1 Å². The van der Waals surface area contributed by atoms with Crippen LogP contribution >= 0.6 is 0 Å². The molecule has 162 valence electrons. The van der Waals surface area contributed by atoms with E-state index < -0.39 is 0 Å². The average Bonchev–Trinajstić information content (AvgIpc) is 3.53. The normalized spacial score (nSPS) is 11.5. The number of hydrogen-bond acceptors (Lipinski definition) is 8. The highest BCUT2D eigenvalue weighted by Gasteiger charge is 2.18. The fourth-order valence-electron chi connectivity index (χ4n) is 3.97. The van der Waals surface area contributed by atoms with Gasteiger partial charge in [-0.3, -0.25) is 0 Å². The molecule has 10 nitrogen and oxygen atoms in total. The molecule has 0 fully saturated rings. The summed E-state index contributed by atoms with van der Waals surface area (Å²) >= 11 is 0. The molecule has 33 heavy (non-hydrogen) atoms. The molecule has 4 aromatic heterocycles. The van der Waals surface area contributed by atoms with Crippen LogP contribution in [0, 0.1) is 13.8 Å². The number of aromatic amines is 1. The second-order valence-electron chi connectivity index (χ2n) is 7.81. The van der Waals surface area contributed by atoms with Crippen molar-refractivity contribution in [2.45, 2.75) is 13.8 Å². The first kappa shape index (κ1) is 19.0. The van der Waals surface area contributed by atoms with Gasteiger partial charge < -0.3 is 20.5 Å². The molecule has 0 spiro atoms. The first-order chi connectivity index (χ1) is 16.1. The molecule has 0 bridgehead atoms. The lowest BCUT2D eigenvalue weighted by Crippen LogP contribution is -1.99. The van der Waals surface area contributed by atoms with Crippen molar-refractivity contribution in [1.29, 1.82) is 0 Å². The van der Waals surface area contributed by atoms with Crippen molar-refractivity contribution in [3.05, 3.63) is 66.4 Å². The van der Waals surface area contributed by atoms with Gasteiger partial charge in [-0.05, 0) is 43.2 Å². The van der Waals surface area contributed by atoms with Gasteiger partial charge in [0.05, 0.1) is 17.9 Å². The molecule has 6 aromatic rings. The highest BCUT2D eigenvalue weighted by atomic mass is 16.4. The van der Waals surface area contributed by atoms with Gasteiger partial charge in [0.15, 0.2) is 17.0 Å². The Kier molecular flexibility index (Phi) is 4.12. The van der Waals surface area contributed by atoms with Crippen molar-refractivity contribution in [3.63, 3.8) is 0 Å². The van der Waals surface area contributed by atoms with E-state index in [0.29, 0.717) is 34.4 Å². The third kappa shape index (κ3) is 3.16. The molecule has 4 heterocycles. The van der Waals surface area contributed by atoms with Crippen LogP contribution in [0.4, 0.5) is 17.5 Å². The van der Waals surface area contributed by atoms with Crippen molar-refractivity contribution in [1.82, 2.24) is 34.7 Å². The third-order valence-electron chi connectivity index (χ3n) is 5.44. The Hall–Kier alpha value is -4.73. The summed E-state index contributed by atoms with van der Waals surface area (Å²) in [5, 5.41) is 8.64. The molecule has 10 heteroatoms. The van der Waals surface area contributed by atoms with E-state index in [1.165, 1.54) is 6.33 Å². The fraction of sp³-hybridized carbons (Fsp3) is 0.0870. The maximum atomic E-state index is 6.19. The number of oxazole rings is 1. The van der Waals surface area contributed by atoms with Crippen LogP contribution in [0.3, 0.4) is 0 Å². The largest absolute Gasteiger partial charge is 0.423 e. The Morgan fingerprint density at radius 3 is 2.73 bits per heavy atom. The monoisotopic (exact) mass is 437 g/mol. The second kappa shape index (κ2) is 7.16. The first-order valence-electron chi connectivity index (χ1n) is 10.3. The highest BCUT2D eigenvalue weighted by molar-refractivity contribution is 5.99. The van der Waals surface area contributed by atoms with Crippen molar-refractivity contribution in [2.24, 2.45) is 0 Å². The van der Waals surface area contributed by atoms with Crippen LogP contribution in [0.25, 0.3) is 39.2 Å². The van der Waals surface area contributed by atoms with Crippen LogP contribution in [0.2, 0.25) is 0 Å². The number of aromatic nitrogens is 7. The number of hydrogen-bond donors (Lipinski definition) is 3. The van der Waals surface area contributed by atoms with E-state index in [0.717, 1.165) is 33.5 Å². The summed E-state index contributed by atoms with van der Waals surface area (Å²) in [6, 6.07) is 12.3. The molecule has 0 saturated carbocycles. The van der Waals surface area contributed by atoms with Crippen LogP contribution in [-0.2, 0) is 0 Å².